The van der Waals surface area contributed by atoms with Gasteiger partial charge in [-0.3, -0.25) is 4.79 Å². The first-order valence-electron chi connectivity index (χ1n) is 7.19. The van der Waals surface area contributed by atoms with Crippen LogP contribution in [0, 0.1) is 6.92 Å². The number of benzene rings is 1. The molecule has 0 radical (unpaired) electrons. The van der Waals surface area contributed by atoms with Gasteiger partial charge in [-0.05, 0) is 24.6 Å². The van der Waals surface area contributed by atoms with Crippen LogP contribution in [-0.2, 0) is 9.53 Å². The molecule has 1 aromatic carbocycles. The fourth-order valence-electron chi connectivity index (χ4n) is 2.47. The van der Waals surface area contributed by atoms with Crippen molar-refractivity contribution in [1.29, 1.82) is 0 Å². The second-order valence-electron chi connectivity index (χ2n) is 5.41. The maximum absolute atomic E-state index is 12.0. The molecule has 4 nitrogen and oxygen atoms in total. The van der Waals surface area contributed by atoms with E-state index in [1.54, 1.807) is 0 Å². The summed E-state index contributed by atoms with van der Waals surface area (Å²) in [6, 6.07) is 5.62. The number of carbonyl (C=O) groups is 1. The van der Waals surface area contributed by atoms with Crippen LogP contribution < -0.4 is 4.90 Å². The monoisotopic (exact) mass is 350 g/mol. The Kier molecular flexibility index (Phi) is 5.75. The molecule has 1 saturated heterocycles. The van der Waals surface area contributed by atoms with Gasteiger partial charge in [0.25, 0.3) is 0 Å². The second kappa shape index (κ2) is 7.40. The number of piperazine rings is 1. The lowest BCUT2D eigenvalue weighted by Gasteiger charge is -2.36. The van der Waals surface area contributed by atoms with Crippen LogP contribution in [0.4, 0.5) is 18.9 Å². The van der Waals surface area contributed by atoms with E-state index in [0.29, 0.717) is 31.2 Å². The van der Waals surface area contributed by atoms with E-state index in [1.165, 1.54) is 4.90 Å². The summed E-state index contributed by atoms with van der Waals surface area (Å²) >= 11 is 6.01. The Bertz CT molecular complexity index is 558. The van der Waals surface area contributed by atoms with Crippen molar-refractivity contribution in [3.8, 4) is 0 Å². The van der Waals surface area contributed by atoms with Gasteiger partial charge in [-0.1, -0.05) is 17.7 Å². The van der Waals surface area contributed by atoms with E-state index in [9.17, 15) is 18.0 Å². The maximum Gasteiger partial charge on any atom is 0.411 e. The number of nitrogens with zero attached hydrogens (tertiary/aromatic N) is 2. The average molecular weight is 351 g/mol. The Morgan fingerprint density at radius 1 is 1.26 bits per heavy atom. The lowest BCUT2D eigenvalue weighted by atomic mass is 10.1. The van der Waals surface area contributed by atoms with E-state index in [0.717, 1.165) is 11.3 Å². The fourth-order valence-corrected chi connectivity index (χ4v) is 2.63. The van der Waals surface area contributed by atoms with Crippen molar-refractivity contribution in [2.75, 3.05) is 44.3 Å². The van der Waals surface area contributed by atoms with Crippen LogP contribution in [-0.4, -0.2) is 56.4 Å². The third-order valence-electron chi connectivity index (χ3n) is 3.64. The number of alkyl halides is 3. The van der Waals surface area contributed by atoms with Gasteiger partial charge in [0.15, 0.2) is 0 Å². The predicted molar refractivity (Wildman–Crippen MR) is 81.9 cm³/mol. The first kappa shape index (κ1) is 17.9. The van der Waals surface area contributed by atoms with E-state index < -0.39 is 25.3 Å². The van der Waals surface area contributed by atoms with Gasteiger partial charge in [-0.25, -0.2) is 0 Å². The van der Waals surface area contributed by atoms with Crippen molar-refractivity contribution in [2.45, 2.75) is 13.1 Å². The first-order valence-corrected chi connectivity index (χ1v) is 7.57. The molecule has 0 aliphatic carbocycles. The fraction of sp³-hybridized carbons (Fsp3) is 0.533. The van der Waals surface area contributed by atoms with E-state index >= 15 is 0 Å². The molecule has 0 atom stereocenters. The highest BCUT2D eigenvalue weighted by Crippen LogP contribution is 2.25. The van der Waals surface area contributed by atoms with Gasteiger partial charge in [0.05, 0.1) is 0 Å². The molecular weight excluding hydrogens is 333 g/mol. The number of hydrogen-bond acceptors (Lipinski definition) is 3. The lowest BCUT2D eigenvalue weighted by molar-refractivity contribution is -0.177. The molecule has 0 N–H and O–H groups in total. The summed E-state index contributed by atoms with van der Waals surface area (Å²) in [6.45, 7) is 2.13. The zero-order valence-corrected chi connectivity index (χ0v) is 13.5. The van der Waals surface area contributed by atoms with Gasteiger partial charge < -0.3 is 14.5 Å². The average Bonchev–Trinajstić information content (AvgIpc) is 2.48. The summed E-state index contributed by atoms with van der Waals surface area (Å²) in [6.07, 6.45) is -4.41. The minimum atomic E-state index is -4.41. The molecular formula is C15H18ClF3N2O2. The Balaban J connectivity index is 1.84. The van der Waals surface area contributed by atoms with Crippen LogP contribution >= 0.6 is 11.6 Å². The number of anilines is 1. The summed E-state index contributed by atoms with van der Waals surface area (Å²) in [7, 11) is 0. The molecule has 1 aliphatic rings. The highest BCUT2D eigenvalue weighted by molar-refractivity contribution is 6.30. The minimum Gasteiger partial charge on any atom is -0.368 e. The molecule has 8 heteroatoms. The predicted octanol–water partition coefficient (Wildman–Crippen LogP) is 2.88. The van der Waals surface area contributed by atoms with Crippen molar-refractivity contribution >= 4 is 23.2 Å². The number of ether oxygens (including phenoxy) is 1. The number of amides is 1. The van der Waals surface area contributed by atoms with Crippen molar-refractivity contribution in [3.63, 3.8) is 0 Å². The second-order valence-corrected chi connectivity index (χ2v) is 5.84. The molecule has 1 heterocycles. The number of rotatable bonds is 4. The van der Waals surface area contributed by atoms with Crippen molar-refractivity contribution in [2.24, 2.45) is 0 Å². The molecule has 0 unspecified atom stereocenters. The quantitative estimate of drug-likeness (QED) is 0.837. The Morgan fingerprint density at radius 2 is 1.91 bits per heavy atom. The molecule has 23 heavy (non-hydrogen) atoms. The molecule has 1 aromatic rings. The van der Waals surface area contributed by atoms with Gasteiger partial charge in [0.1, 0.15) is 13.2 Å². The molecule has 0 bridgehead atoms. The van der Waals surface area contributed by atoms with Gasteiger partial charge in [0.2, 0.25) is 5.91 Å². The Hall–Kier alpha value is -1.47. The number of carbonyl (C=O) groups excluding carboxylic acids is 1. The third-order valence-corrected chi connectivity index (χ3v) is 3.87. The van der Waals surface area contributed by atoms with E-state index in [4.69, 9.17) is 11.6 Å². The van der Waals surface area contributed by atoms with Crippen LogP contribution in [0.1, 0.15) is 5.56 Å². The summed E-state index contributed by atoms with van der Waals surface area (Å²) in [5, 5.41) is 0.643. The molecule has 128 valence electrons. The van der Waals surface area contributed by atoms with E-state index in [1.807, 2.05) is 25.1 Å². The van der Waals surface area contributed by atoms with Gasteiger partial charge in [0, 0.05) is 36.9 Å². The lowest BCUT2D eigenvalue weighted by Crippen LogP contribution is -2.50. The third kappa shape index (κ3) is 5.28. The van der Waals surface area contributed by atoms with Crippen LogP contribution in [0.5, 0.6) is 0 Å². The summed E-state index contributed by atoms with van der Waals surface area (Å²) in [5.74, 6) is -0.420. The van der Waals surface area contributed by atoms with Crippen molar-refractivity contribution < 1.29 is 22.7 Å². The van der Waals surface area contributed by atoms with E-state index in [-0.39, 0.29) is 0 Å². The largest absolute Gasteiger partial charge is 0.411 e. The molecule has 1 amide bonds. The molecule has 1 fully saturated rings. The standard InChI is InChI=1S/C15H18ClF3N2O2/c1-11-2-3-12(16)8-13(11)20-4-6-21(7-5-20)14(22)9-23-10-15(17,18)19/h2-3,8H,4-7,9-10H2,1H3. The van der Waals surface area contributed by atoms with Gasteiger partial charge >= 0.3 is 6.18 Å². The van der Waals surface area contributed by atoms with Gasteiger partial charge in [-0.2, -0.15) is 13.2 Å². The molecule has 1 aliphatic heterocycles. The molecule has 0 aromatic heterocycles. The zero-order valence-electron chi connectivity index (χ0n) is 12.7. The van der Waals surface area contributed by atoms with Crippen molar-refractivity contribution in [1.82, 2.24) is 4.90 Å². The smallest absolute Gasteiger partial charge is 0.368 e. The highest BCUT2D eigenvalue weighted by Gasteiger charge is 2.29. The molecule has 0 saturated carbocycles. The van der Waals surface area contributed by atoms with E-state index in [2.05, 4.69) is 9.64 Å². The number of hydrogen-bond donors (Lipinski definition) is 0. The minimum absolute atomic E-state index is 0.420. The summed E-state index contributed by atoms with van der Waals surface area (Å²) < 4.78 is 40.4. The normalized spacial score (nSPS) is 15.9. The SMILES string of the molecule is Cc1ccc(Cl)cc1N1CCN(C(=O)COCC(F)(F)F)CC1. The Labute approximate surface area is 137 Å². The molecule has 2 rings (SSSR count). The van der Waals surface area contributed by atoms with Crippen LogP contribution in [0.15, 0.2) is 18.2 Å². The topological polar surface area (TPSA) is 32.8 Å². The first-order chi connectivity index (χ1) is 10.8. The van der Waals surface area contributed by atoms with Crippen LogP contribution in [0.3, 0.4) is 0 Å². The highest BCUT2D eigenvalue weighted by atomic mass is 35.5. The summed E-state index contributed by atoms with van der Waals surface area (Å²) in [5.41, 5.74) is 2.10. The number of halogens is 4. The maximum atomic E-state index is 12.0. The Morgan fingerprint density at radius 3 is 2.52 bits per heavy atom. The number of aryl methyl sites for hydroxylation is 1. The van der Waals surface area contributed by atoms with Gasteiger partial charge in [-0.15, -0.1) is 0 Å². The van der Waals surface area contributed by atoms with Crippen LogP contribution in [0.2, 0.25) is 5.02 Å². The summed E-state index contributed by atoms with van der Waals surface area (Å²) in [4.78, 5) is 15.5. The zero-order chi connectivity index (χ0) is 17.0. The van der Waals surface area contributed by atoms with Crippen molar-refractivity contribution in [3.05, 3.63) is 28.8 Å². The van der Waals surface area contributed by atoms with Crippen LogP contribution in [0.25, 0.3) is 0 Å². The molecule has 0 spiro atoms.